The molecule has 0 unspecified atom stereocenters. The van der Waals surface area contributed by atoms with Crippen molar-refractivity contribution in [2.45, 2.75) is 25.9 Å². The Morgan fingerprint density at radius 2 is 1.88 bits per heavy atom. The largest absolute Gasteiger partial charge is 0.497 e. The number of carbonyl (C=O) groups excluding carboxylic acids is 1. The maximum absolute atomic E-state index is 12.1. The van der Waals surface area contributed by atoms with Crippen LogP contribution < -0.4 is 14.8 Å². The molecule has 2 rings (SSSR count). The molecule has 128 valence electrons. The molecule has 0 spiro atoms. The third-order valence-corrected chi connectivity index (χ3v) is 3.83. The van der Waals surface area contributed by atoms with E-state index in [0.29, 0.717) is 18.0 Å². The predicted octanol–water partition coefficient (Wildman–Crippen LogP) is 3.86. The maximum atomic E-state index is 12.1. The molecule has 0 heterocycles. The first-order valence-corrected chi connectivity index (χ1v) is 8.29. The van der Waals surface area contributed by atoms with Crippen molar-refractivity contribution < 1.29 is 14.3 Å². The van der Waals surface area contributed by atoms with Gasteiger partial charge in [0.1, 0.15) is 11.5 Å². The molecular formula is C19H22ClNO3. The molecule has 0 radical (unpaired) electrons. The lowest BCUT2D eigenvalue weighted by Crippen LogP contribution is -2.36. The normalized spacial score (nSPS) is 11.6. The summed E-state index contributed by atoms with van der Waals surface area (Å²) in [6.07, 6.45) is 1.19. The fraction of sp³-hybridized carbons (Fsp3) is 0.316. The molecule has 4 nitrogen and oxygen atoms in total. The summed E-state index contributed by atoms with van der Waals surface area (Å²) in [5, 5.41) is 3.62. The number of ether oxygens (including phenoxy) is 2. The Labute approximate surface area is 147 Å². The van der Waals surface area contributed by atoms with E-state index >= 15 is 0 Å². The third-order valence-electron chi connectivity index (χ3n) is 3.58. The number of methoxy groups -OCH3 is 1. The van der Waals surface area contributed by atoms with Crippen LogP contribution in [0.15, 0.2) is 48.5 Å². The van der Waals surface area contributed by atoms with E-state index in [0.717, 1.165) is 17.9 Å². The molecule has 2 aromatic carbocycles. The van der Waals surface area contributed by atoms with Gasteiger partial charge in [0, 0.05) is 17.6 Å². The zero-order chi connectivity index (χ0) is 17.4. The van der Waals surface area contributed by atoms with E-state index in [4.69, 9.17) is 21.1 Å². The molecule has 0 saturated heterocycles. The van der Waals surface area contributed by atoms with Crippen molar-refractivity contribution in [1.29, 1.82) is 0 Å². The highest BCUT2D eigenvalue weighted by molar-refractivity contribution is 6.30. The monoisotopic (exact) mass is 347 g/mol. The van der Waals surface area contributed by atoms with Gasteiger partial charge in [0.05, 0.1) is 7.11 Å². The first-order chi connectivity index (χ1) is 11.6. The van der Waals surface area contributed by atoms with Gasteiger partial charge in [0.2, 0.25) is 0 Å². The second kappa shape index (κ2) is 9.18. The quantitative estimate of drug-likeness (QED) is 0.737. The molecule has 0 bridgehead atoms. The smallest absolute Gasteiger partial charge is 0.260 e. The van der Waals surface area contributed by atoms with Crippen LogP contribution in [-0.2, 0) is 11.2 Å². The number of aryl methyl sites for hydroxylation is 1. The minimum Gasteiger partial charge on any atom is -0.497 e. The number of benzene rings is 2. The molecule has 1 atom stereocenters. The van der Waals surface area contributed by atoms with Gasteiger partial charge in [-0.25, -0.2) is 0 Å². The van der Waals surface area contributed by atoms with Crippen molar-refractivity contribution in [3.63, 3.8) is 0 Å². The van der Waals surface area contributed by atoms with Crippen LogP contribution in [0, 0.1) is 0 Å². The van der Waals surface area contributed by atoms with Gasteiger partial charge in [-0.2, -0.15) is 0 Å². The summed E-state index contributed by atoms with van der Waals surface area (Å²) >= 11 is 5.86. The Balaban J connectivity index is 1.72. The van der Waals surface area contributed by atoms with Crippen LogP contribution in [0.4, 0.5) is 0 Å². The zero-order valence-corrected chi connectivity index (χ0v) is 14.7. The van der Waals surface area contributed by atoms with E-state index in [9.17, 15) is 4.79 Å². The molecule has 2 aromatic rings. The number of rotatable bonds is 8. The van der Waals surface area contributed by atoms with Gasteiger partial charge >= 0.3 is 0 Å². The lowest BCUT2D eigenvalue weighted by Gasteiger charge is -2.15. The number of nitrogens with one attached hydrogen (secondary N) is 1. The first-order valence-electron chi connectivity index (χ1n) is 7.91. The maximum Gasteiger partial charge on any atom is 0.260 e. The van der Waals surface area contributed by atoms with E-state index in [2.05, 4.69) is 5.32 Å². The Kier molecular flexibility index (Phi) is 6.94. The van der Waals surface area contributed by atoms with Crippen LogP contribution in [-0.4, -0.2) is 25.7 Å². The van der Waals surface area contributed by atoms with Gasteiger partial charge < -0.3 is 14.8 Å². The van der Waals surface area contributed by atoms with Crippen LogP contribution in [0.25, 0.3) is 0 Å². The van der Waals surface area contributed by atoms with Crippen LogP contribution in [0.1, 0.15) is 18.9 Å². The molecular weight excluding hydrogens is 326 g/mol. The van der Waals surface area contributed by atoms with E-state index in [-0.39, 0.29) is 5.91 Å². The lowest BCUT2D eigenvalue weighted by molar-refractivity contribution is -0.127. The second-order valence-corrected chi connectivity index (χ2v) is 5.90. The molecule has 0 aliphatic carbocycles. The minimum atomic E-state index is -0.562. The van der Waals surface area contributed by atoms with Gasteiger partial charge in [-0.1, -0.05) is 29.8 Å². The van der Waals surface area contributed by atoms with Gasteiger partial charge in [0.25, 0.3) is 5.91 Å². The van der Waals surface area contributed by atoms with Crippen molar-refractivity contribution >= 4 is 17.5 Å². The molecule has 0 aromatic heterocycles. The SMILES string of the molecule is COc1cccc(O[C@H](C)C(=O)NCCCc2ccc(Cl)cc2)c1. The number of carbonyl (C=O) groups is 1. The van der Waals surface area contributed by atoms with Crippen LogP contribution in [0.2, 0.25) is 5.02 Å². The highest BCUT2D eigenvalue weighted by Crippen LogP contribution is 2.20. The molecule has 0 fully saturated rings. The zero-order valence-electron chi connectivity index (χ0n) is 13.9. The van der Waals surface area contributed by atoms with E-state index in [1.54, 1.807) is 26.2 Å². The predicted molar refractivity (Wildman–Crippen MR) is 95.9 cm³/mol. The molecule has 1 amide bonds. The van der Waals surface area contributed by atoms with Gasteiger partial charge in [-0.15, -0.1) is 0 Å². The molecule has 0 aliphatic heterocycles. The van der Waals surface area contributed by atoms with E-state index in [1.165, 1.54) is 5.56 Å². The molecule has 0 aliphatic rings. The van der Waals surface area contributed by atoms with Crippen molar-refractivity contribution in [1.82, 2.24) is 5.32 Å². The summed E-state index contributed by atoms with van der Waals surface area (Å²) in [5.74, 6) is 1.18. The fourth-order valence-electron chi connectivity index (χ4n) is 2.23. The highest BCUT2D eigenvalue weighted by Gasteiger charge is 2.14. The van der Waals surface area contributed by atoms with Gasteiger partial charge in [0.15, 0.2) is 6.10 Å². The summed E-state index contributed by atoms with van der Waals surface area (Å²) in [7, 11) is 1.59. The first kappa shape index (κ1) is 18.1. The average Bonchev–Trinajstić information content (AvgIpc) is 2.60. The molecule has 0 saturated carbocycles. The van der Waals surface area contributed by atoms with Crippen molar-refractivity contribution in [2.75, 3.05) is 13.7 Å². The summed E-state index contributed by atoms with van der Waals surface area (Å²) < 4.78 is 10.8. The van der Waals surface area contributed by atoms with Crippen LogP contribution in [0.5, 0.6) is 11.5 Å². The van der Waals surface area contributed by atoms with Crippen LogP contribution >= 0.6 is 11.6 Å². The highest BCUT2D eigenvalue weighted by atomic mass is 35.5. The Morgan fingerprint density at radius 1 is 1.17 bits per heavy atom. The second-order valence-electron chi connectivity index (χ2n) is 5.46. The summed E-state index contributed by atoms with van der Waals surface area (Å²) in [4.78, 5) is 12.1. The number of halogens is 1. The van der Waals surface area contributed by atoms with Gasteiger partial charge in [-0.05, 0) is 49.6 Å². The molecule has 5 heteroatoms. The number of hydrogen-bond acceptors (Lipinski definition) is 3. The van der Waals surface area contributed by atoms with E-state index in [1.807, 2.05) is 36.4 Å². The number of hydrogen-bond donors (Lipinski definition) is 1. The Hall–Kier alpha value is -2.20. The molecule has 24 heavy (non-hydrogen) atoms. The Morgan fingerprint density at radius 3 is 2.58 bits per heavy atom. The van der Waals surface area contributed by atoms with Crippen molar-refractivity contribution in [3.05, 3.63) is 59.1 Å². The summed E-state index contributed by atoms with van der Waals surface area (Å²) in [6.45, 7) is 2.33. The lowest BCUT2D eigenvalue weighted by atomic mass is 10.1. The van der Waals surface area contributed by atoms with Crippen molar-refractivity contribution in [3.8, 4) is 11.5 Å². The van der Waals surface area contributed by atoms with Crippen molar-refractivity contribution in [2.24, 2.45) is 0 Å². The van der Waals surface area contributed by atoms with Gasteiger partial charge in [-0.3, -0.25) is 4.79 Å². The fourth-order valence-corrected chi connectivity index (χ4v) is 2.36. The standard InChI is InChI=1S/C19H22ClNO3/c1-14(24-18-7-3-6-17(13-18)23-2)19(22)21-12-4-5-15-8-10-16(20)11-9-15/h3,6-11,13-14H,4-5,12H2,1-2H3,(H,21,22)/t14-/m1/s1. The average molecular weight is 348 g/mol. The topological polar surface area (TPSA) is 47.6 Å². The number of amides is 1. The summed E-state index contributed by atoms with van der Waals surface area (Å²) in [5.41, 5.74) is 1.20. The molecule has 1 N–H and O–H groups in total. The van der Waals surface area contributed by atoms with E-state index < -0.39 is 6.10 Å². The van der Waals surface area contributed by atoms with Crippen LogP contribution in [0.3, 0.4) is 0 Å². The Bertz CT molecular complexity index is 658. The third kappa shape index (κ3) is 5.78. The minimum absolute atomic E-state index is 0.131. The summed E-state index contributed by atoms with van der Waals surface area (Å²) in [6, 6.07) is 15.0.